The second kappa shape index (κ2) is 5.09. The Morgan fingerprint density at radius 1 is 1.29 bits per heavy atom. The van der Waals surface area contributed by atoms with Crippen molar-refractivity contribution in [3.8, 4) is 0 Å². The summed E-state index contributed by atoms with van der Waals surface area (Å²) >= 11 is 5.87. The summed E-state index contributed by atoms with van der Waals surface area (Å²) in [5.41, 5.74) is 1.28. The van der Waals surface area contributed by atoms with Crippen molar-refractivity contribution in [3.05, 3.63) is 34.9 Å². The van der Waals surface area contributed by atoms with Crippen LogP contribution in [0.1, 0.15) is 37.7 Å². The largest absolute Gasteiger partial charge is 0.481 e. The number of carboxylic acids is 1. The van der Waals surface area contributed by atoms with E-state index in [1.54, 1.807) is 0 Å². The first-order valence-electron chi connectivity index (χ1n) is 6.06. The van der Waals surface area contributed by atoms with Crippen LogP contribution >= 0.6 is 11.6 Å². The third-order valence-electron chi connectivity index (χ3n) is 3.83. The van der Waals surface area contributed by atoms with Gasteiger partial charge in [-0.3, -0.25) is 4.79 Å². The molecule has 0 bridgehead atoms. The maximum absolute atomic E-state index is 11.0. The molecule has 1 N–H and O–H groups in total. The highest BCUT2D eigenvalue weighted by atomic mass is 35.5. The average molecular weight is 253 g/mol. The molecule has 1 aliphatic rings. The maximum atomic E-state index is 11.0. The third-order valence-corrected chi connectivity index (χ3v) is 4.08. The van der Waals surface area contributed by atoms with Crippen LogP contribution in [0.4, 0.5) is 0 Å². The normalized spacial score (nSPS) is 28.9. The zero-order valence-electron chi connectivity index (χ0n) is 9.90. The molecule has 3 heteroatoms. The SMILES string of the molecule is C[C@@H]1C[C@H](c2ccc(Cl)cc2)CC[C@H]1C(=O)O. The lowest BCUT2D eigenvalue weighted by Gasteiger charge is -2.32. The number of halogens is 1. The van der Waals surface area contributed by atoms with Gasteiger partial charge in [0.15, 0.2) is 0 Å². The van der Waals surface area contributed by atoms with Gasteiger partial charge >= 0.3 is 5.97 Å². The first kappa shape index (κ1) is 12.4. The Bertz CT molecular complexity index is 399. The lowest BCUT2D eigenvalue weighted by Crippen LogP contribution is -2.28. The molecule has 17 heavy (non-hydrogen) atoms. The zero-order chi connectivity index (χ0) is 12.4. The van der Waals surface area contributed by atoms with Gasteiger partial charge in [-0.1, -0.05) is 30.7 Å². The second-order valence-corrected chi connectivity index (χ2v) is 5.42. The quantitative estimate of drug-likeness (QED) is 0.866. The molecule has 0 amide bonds. The van der Waals surface area contributed by atoms with Gasteiger partial charge in [0, 0.05) is 5.02 Å². The van der Waals surface area contributed by atoms with E-state index in [9.17, 15) is 4.79 Å². The summed E-state index contributed by atoms with van der Waals surface area (Å²) in [5, 5.41) is 9.84. The summed E-state index contributed by atoms with van der Waals surface area (Å²) in [7, 11) is 0. The first-order valence-corrected chi connectivity index (χ1v) is 6.44. The molecule has 0 aromatic heterocycles. The van der Waals surface area contributed by atoms with Crippen molar-refractivity contribution in [2.75, 3.05) is 0 Å². The van der Waals surface area contributed by atoms with Gasteiger partial charge in [-0.05, 0) is 48.8 Å². The number of hydrogen-bond acceptors (Lipinski definition) is 1. The molecule has 0 aliphatic heterocycles. The maximum Gasteiger partial charge on any atom is 0.306 e. The number of hydrogen-bond donors (Lipinski definition) is 1. The monoisotopic (exact) mass is 252 g/mol. The van der Waals surface area contributed by atoms with Crippen LogP contribution in [-0.4, -0.2) is 11.1 Å². The summed E-state index contributed by atoms with van der Waals surface area (Å²) in [4.78, 5) is 11.0. The molecule has 0 unspecified atom stereocenters. The van der Waals surface area contributed by atoms with Gasteiger partial charge in [-0.25, -0.2) is 0 Å². The predicted molar refractivity (Wildman–Crippen MR) is 68.3 cm³/mol. The molecule has 0 heterocycles. The standard InChI is InChI=1S/C14H17ClO2/c1-9-8-11(4-7-13(9)14(16)17)10-2-5-12(15)6-3-10/h2-3,5-6,9,11,13H,4,7-8H2,1H3,(H,16,17)/t9-,11-,13-/m1/s1. The van der Waals surface area contributed by atoms with E-state index in [0.29, 0.717) is 5.92 Å². The molecule has 1 aromatic rings. The van der Waals surface area contributed by atoms with Crippen molar-refractivity contribution in [1.29, 1.82) is 0 Å². The lowest BCUT2D eigenvalue weighted by molar-refractivity contribution is -0.144. The average Bonchev–Trinajstić information content (AvgIpc) is 2.29. The molecule has 0 saturated heterocycles. The van der Waals surface area contributed by atoms with E-state index in [4.69, 9.17) is 16.7 Å². The minimum atomic E-state index is -0.646. The van der Waals surface area contributed by atoms with E-state index >= 15 is 0 Å². The van der Waals surface area contributed by atoms with Crippen LogP contribution in [0.3, 0.4) is 0 Å². The smallest absolute Gasteiger partial charge is 0.306 e. The fourth-order valence-electron chi connectivity index (χ4n) is 2.80. The highest BCUT2D eigenvalue weighted by Crippen LogP contribution is 2.39. The molecule has 3 atom stereocenters. The van der Waals surface area contributed by atoms with Crippen LogP contribution in [0.25, 0.3) is 0 Å². The molecule has 0 radical (unpaired) electrons. The van der Waals surface area contributed by atoms with Gasteiger partial charge in [0.05, 0.1) is 5.92 Å². The highest BCUT2D eigenvalue weighted by molar-refractivity contribution is 6.30. The van der Waals surface area contributed by atoms with Crippen LogP contribution in [0.2, 0.25) is 5.02 Å². The fourth-order valence-corrected chi connectivity index (χ4v) is 2.93. The van der Waals surface area contributed by atoms with E-state index in [1.165, 1.54) is 5.56 Å². The summed E-state index contributed by atoms with van der Waals surface area (Å²) in [6.07, 6.45) is 2.70. The molecule has 1 saturated carbocycles. The van der Waals surface area contributed by atoms with Gasteiger partial charge in [-0.15, -0.1) is 0 Å². The Balaban J connectivity index is 2.06. The minimum absolute atomic E-state index is 0.168. The summed E-state index contributed by atoms with van der Waals surface area (Å²) in [6, 6.07) is 7.93. The topological polar surface area (TPSA) is 37.3 Å². The fraction of sp³-hybridized carbons (Fsp3) is 0.500. The first-order chi connectivity index (χ1) is 8.08. The minimum Gasteiger partial charge on any atom is -0.481 e. The van der Waals surface area contributed by atoms with Gasteiger partial charge < -0.3 is 5.11 Å². The zero-order valence-corrected chi connectivity index (χ0v) is 10.7. The van der Waals surface area contributed by atoms with Crippen molar-refractivity contribution < 1.29 is 9.90 Å². The van der Waals surface area contributed by atoms with E-state index < -0.39 is 5.97 Å². The lowest BCUT2D eigenvalue weighted by atomic mass is 9.73. The Kier molecular flexibility index (Phi) is 3.72. The molecule has 0 spiro atoms. The molecular weight excluding hydrogens is 236 g/mol. The Morgan fingerprint density at radius 2 is 1.94 bits per heavy atom. The number of aliphatic carboxylic acids is 1. The number of carbonyl (C=O) groups is 1. The molecule has 1 aliphatic carbocycles. The molecule has 1 fully saturated rings. The van der Waals surface area contributed by atoms with Crippen LogP contribution < -0.4 is 0 Å². The van der Waals surface area contributed by atoms with E-state index in [2.05, 4.69) is 12.1 Å². The number of rotatable bonds is 2. The van der Waals surface area contributed by atoms with Gasteiger partial charge in [0.25, 0.3) is 0 Å². The number of carboxylic acid groups (broad SMARTS) is 1. The second-order valence-electron chi connectivity index (χ2n) is 4.98. The Hall–Kier alpha value is -1.02. The number of benzene rings is 1. The van der Waals surface area contributed by atoms with Crippen LogP contribution in [0, 0.1) is 11.8 Å². The summed E-state index contributed by atoms with van der Waals surface area (Å²) in [5.74, 6) is -0.0783. The van der Waals surface area contributed by atoms with E-state index in [-0.39, 0.29) is 11.8 Å². The van der Waals surface area contributed by atoms with Crippen molar-refractivity contribution >= 4 is 17.6 Å². The van der Waals surface area contributed by atoms with Gasteiger partial charge in [-0.2, -0.15) is 0 Å². The summed E-state index contributed by atoms with van der Waals surface area (Å²) in [6.45, 7) is 2.04. The molecule has 1 aromatic carbocycles. The molecule has 92 valence electrons. The van der Waals surface area contributed by atoms with Crippen LogP contribution in [0.15, 0.2) is 24.3 Å². The van der Waals surface area contributed by atoms with Crippen LogP contribution in [-0.2, 0) is 4.79 Å². The summed E-state index contributed by atoms with van der Waals surface area (Å²) < 4.78 is 0. The van der Waals surface area contributed by atoms with Gasteiger partial charge in [0.2, 0.25) is 0 Å². The van der Waals surface area contributed by atoms with Crippen LogP contribution in [0.5, 0.6) is 0 Å². The predicted octanol–water partition coefficient (Wildman–Crippen LogP) is 3.94. The highest BCUT2D eigenvalue weighted by Gasteiger charge is 2.32. The third kappa shape index (κ3) is 2.81. The Labute approximate surface area is 107 Å². The van der Waals surface area contributed by atoms with Crippen molar-refractivity contribution in [3.63, 3.8) is 0 Å². The Morgan fingerprint density at radius 3 is 2.47 bits per heavy atom. The molecule has 2 rings (SSSR count). The van der Waals surface area contributed by atoms with E-state index in [1.807, 2.05) is 19.1 Å². The van der Waals surface area contributed by atoms with Gasteiger partial charge in [0.1, 0.15) is 0 Å². The molecule has 2 nitrogen and oxygen atoms in total. The molecular formula is C14H17ClO2. The van der Waals surface area contributed by atoms with E-state index in [0.717, 1.165) is 24.3 Å². The van der Waals surface area contributed by atoms with Crippen molar-refractivity contribution in [2.45, 2.75) is 32.1 Å². The van der Waals surface area contributed by atoms with Crippen molar-refractivity contribution in [2.24, 2.45) is 11.8 Å². The van der Waals surface area contributed by atoms with Crippen molar-refractivity contribution in [1.82, 2.24) is 0 Å².